The van der Waals surface area contributed by atoms with Crippen LogP contribution in [0.3, 0.4) is 0 Å². The molecule has 1 N–H and O–H groups in total. The summed E-state index contributed by atoms with van der Waals surface area (Å²) in [5.74, 6) is 0.885. The normalized spacial score (nSPS) is 16.4. The highest BCUT2D eigenvalue weighted by molar-refractivity contribution is 5.80. The van der Waals surface area contributed by atoms with Gasteiger partial charge in [-0.2, -0.15) is 5.10 Å². The van der Waals surface area contributed by atoms with Crippen molar-refractivity contribution in [3.63, 3.8) is 0 Å². The first-order valence-electron chi connectivity index (χ1n) is 5.37. The molecule has 0 spiro atoms. The smallest absolute Gasteiger partial charge is 0.139 e. The molecule has 15 heavy (non-hydrogen) atoms. The van der Waals surface area contributed by atoms with E-state index in [1.165, 1.54) is 0 Å². The average molecular weight is 207 g/mol. The number of ketones is 1. The van der Waals surface area contributed by atoms with E-state index in [4.69, 9.17) is 0 Å². The standard InChI is InChI=1S/C11H17N3O/c1-8-3-10(14(2)13-8)5-11(15)4-9-6-12-7-9/h3,9,12H,4-7H2,1-2H3. The molecular formula is C11H17N3O. The lowest BCUT2D eigenvalue weighted by Crippen LogP contribution is -2.43. The zero-order valence-electron chi connectivity index (χ0n) is 9.29. The van der Waals surface area contributed by atoms with Gasteiger partial charge in [-0.25, -0.2) is 0 Å². The third-order valence-electron chi connectivity index (χ3n) is 2.86. The van der Waals surface area contributed by atoms with E-state index in [2.05, 4.69) is 10.4 Å². The van der Waals surface area contributed by atoms with Gasteiger partial charge in [0.15, 0.2) is 0 Å². The third kappa shape index (κ3) is 2.45. The number of hydrogen-bond acceptors (Lipinski definition) is 3. The van der Waals surface area contributed by atoms with Crippen LogP contribution in [-0.2, 0) is 18.3 Å². The summed E-state index contributed by atoms with van der Waals surface area (Å²) in [5.41, 5.74) is 2.00. The van der Waals surface area contributed by atoms with E-state index < -0.39 is 0 Å². The van der Waals surface area contributed by atoms with Crippen molar-refractivity contribution in [3.05, 3.63) is 17.5 Å². The molecule has 4 heteroatoms. The first kappa shape index (κ1) is 10.4. The Morgan fingerprint density at radius 1 is 1.67 bits per heavy atom. The zero-order chi connectivity index (χ0) is 10.8. The van der Waals surface area contributed by atoms with Gasteiger partial charge in [0.05, 0.1) is 5.69 Å². The quantitative estimate of drug-likeness (QED) is 0.779. The van der Waals surface area contributed by atoms with Crippen LogP contribution in [0.5, 0.6) is 0 Å². The van der Waals surface area contributed by atoms with Crippen molar-refractivity contribution in [1.29, 1.82) is 0 Å². The maximum Gasteiger partial charge on any atom is 0.139 e. The van der Waals surface area contributed by atoms with Crippen molar-refractivity contribution in [2.24, 2.45) is 13.0 Å². The van der Waals surface area contributed by atoms with Gasteiger partial charge in [0.1, 0.15) is 5.78 Å². The topological polar surface area (TPSA) is 46.9 Å². The molecule has 0 unspecified atom stereocenters. The van der Waals surface area contributed by atoms with E-state index >= 15 is 0 Å². The molecule has 0 bridgehead atoms. The van der Waals surface area contributed by atoms with Gasteiger partial charge in [-0.05, 0) is 32.0 Å². The maximum absolute atomic E-state index is 11.7. The molecule has 1 aliphatic heterocycles. The second kappa shape index (κ2) is 4.14. The Hall–Kier alpha value is -1.16. The number of Topliss-reactive ketones (excluding diaryl/α,β-unsaturated/α-hetero) is 1. The lowest BCUT2D eigenvalue weighted by molar-refractivity contribution is -0.119. The fraction of sp³-hybridized carbons (Fsp3) is 0.636. The second-order valence-electron chi connectivity index (χ2n) is 4.34. The number of aryl methyl sites for hydroxylation is 2. The molecule has 0 atom stereocenters. The lowest BCUT2D eigenvalue weighted by Gasteiger charge is -2.26. The Labute approximate surface area is 89.7 Å². The van der Waals surface area contributed by atoms with Gasteiger partial charge < -0.3 is 5.32 Å². The van der Waals surface area contributed by atoms with Gasteiger partial charge in [-0.15, -0.1) is 0 Å². The number of aromatic nitrogens is 2. The zero-order valence-corrected chi connectivity index (χ0v) is 9.29. The van der Waals surface area contributed by atoms with Gasteiger partial charge in [0.2, 0.25) is 0 Å². The van der Waals surface area contributed by atoms with Gasteiger partial charge in [0.25, 0.3) is 0 Å². The van der Waals surface area contributed by atoms with Crippen LogP contribution in [0.4, 0.5) is 0 Å². The minimum Gasteiger partial charge on any atom is -0.316 e. The number of carbonyl (C=O) groups is 1. The summed E-state index contributed by atoms with van der Waals surface area (Å²) in [5, 5.41) is 7.41. The maximum atomic E-state index is 11.7. The second-order valence-corrected chi connectivity index (χ2v) is 4.34. The Morgan fingerprint density at radius 3 is 2.87 bits per heavy atom. The monoisotopic (exact) mass is 207 g/mol. The van der Waals surface area contributed by atoms with Crippen LogP contribution in [0.2, 0.25) is 0 Å². The van der Waals surface area contributed by atoms with Gasteiger partial charge in [0, 0.05) is 25.6 Å². The van der Waals surface area contributed by atoms with E-state index in [9.17, 15) is 4.79 Å². The summed E-state index contributed by atoms with van der Waals surface area (Å²) in [6, 6.07) is 1.98. The molecule has 0 aromatic carbocycles. The highest BCUT2D eigenvalue weighted by Crippen LogP contribution is 2.11. The summed E-state index contributed by atoms with van der Waals surface area (Å²) in [6.07, 6.45) is 1.23. The first-order valence-corrected chi connectivity index (χ1v) is 5.37. The molecule has 0 aliphatic carbocycles. The van der Waals surface area contributed by atoms with Crippen LogP contribution < -0.4 is 5.32 Å². The van der Waals surface area contributed by atoms with Crippen LogP contribution in [-0.4, -0.2) is 28.7 Å². The molecule has 1 saturated heterocycles. The number of carbonyl (C=O) groups excluding carboxylic acids is 1. The third-order valence-corrected chi connectivity index (χ3v) is 2.86. The van der Waals surface area contributed by atoms with Crippen LogP contribution in [0.1, 0.15) is 17.8 Å². The summed E-state index contributed by atoms with van der Waals surface area (Å²) in [4.78, 5) is 11.7. The molecular weight excluding hydrogens is 190 g/mol. The fourth-order valence-electron chi connectivity index (χ4n) is 1.92. The summed E-state index contributed by atoms with van der Waals surface area (Å²) >= 11 is 0. The largest absolute Gasteiger partial charge is 0.316 e. The Kier molecular flexibility index (Phi) is 2.86. The lowest BCUT2D eigenvalue weighted by atomic mass is 9.95. The number of rotatable bonds is 4. The van der Waals surface area contributed by atoms with Crippen LogP contribution in [0, 0.1) is 12.8 Å². The van der Waals surface area contributed by atoms with Crippen LogP contribution in [0.15, 0.2) is 6.07 Å². The van der Waals surface area contributed by atoms with Crippen molar-refractivity contribution >= 4 is 5.78 Å². The highest BCUT2D eigenvalue weighted by atomic mass is 16.1. The molecule has 1 aromatic rings. The van der Waals surface area contributed by atoms with E-state index in [1.807, 2.05) is 20.0 Å². The molecule has 4 nitrogen and oxygen atoms in total. The van der Waals surface area contributed by atoms with E-state index in [0.29, 0.717) is 24.5 Å². The van der Waals surface area contributed by atoms with Crippen molar-refractivity contribution in [1.82, 2.24) is 15.1 Å². The molecule has 1 fully saturated rings. The molecule has 0 radical (unpaired) electrons. The van der Waals surface area contributed by atoms with Crippen molar-refractivity contribution in [2.45, 2.75) is 19.8 Å². The van der Waals surface area contributed by atoms with E-state index in [0.717, 1.165) is 24.5 Å². The van der Waals surface area contributed by atoms with Crippen LogP contribution >= 0.6 is 0 Å². The molecule has 0 amide bonds. The highest BCUT2D eigenvalue weighted by Gasteiger charge is 2.20. The van der Waals surface area contributed by atoms with Gasteiger partial charge in [-0.1, -0.05) is 0 Å². The van der Waals surface area contributed by atoms with Gasteiger partial charge >= 0.3 is 0 Å². The summed E-state index contributed by atoms with van der Waals surface area (Å²) in [7, 11) is 1.89. The van der Waals surface area contributed by atoms with Crippen molar-refractivity contribution < 1.29 is 4.79 Å². The van der Waals surface area contributed by atoms with Crippen molar-refractivity contribution in [2.75, 3.05) is 13.1 Å². The Morgan fingerprint density at radius 2 is 2.40 bits per heavy atom. The molecule has 82 valence electrons. The van der Waals surface area contributed by atoms with E-state index in [1.54, 1.807) is 4.68 Å². The average Bonchev–Trinajstić information content (AvgIpc) is 2.38. The molecule has 1 aliphatic rings. The number of nitrogens with zero attached hydrogens (tertiary/aromatic N) is 2. The predicted molar refractivity (Wildman–Crippen MR) is 57.6 cm³/mol. The predicted octanol–water partition coefficient (Wildman–Crippen LogP) is 0.450. The molecule has 0 saturated carbocycles. The van der Waals surface area contributed by atoms with Gasteiger partial charge in [-0.3, -0.25) is 9.48 Å². The minimum absolute atomic E-state index is 0.324. The summed E-state index contributed by atoms with van der Waals surface area (Å²) in [6.45, 7) is 3.94. The summed E-state index contributed by atoms with van der Waals surface area (Å²) < 4.78 is 1.80. The molecule has 2 rings (SSSR count). The Bertz CT molecular complexity index is 366. The molecule has 1 aromatic heterocycles. The first-order chi connectivity index (χ1) is 7.15. The number of nitrogens with one attached hydrogen (secondary N) is 1. The number of hydrogen-bond donors (Lipinski definition) is 1. The van der Waals surface area contributed by atoms with Crippen molar-refractivity contribution in [3.8, 4) is 0 Å². The Balaban J connectivity index is 1.90. The minimum atomic E-state index is 0.324. The van der Waals surface area contributed by atoms with Crippen LogP contribution in [0.25, 0.3) is 0 Å². The fourth-order valence-corrected chi connectivity index (χ4v) is 1.92. The SMILES string of the molecule is Cc1cc(CC(=O)CC2CNC2)n(C)n1. The van der Waals surface area contributed by atoms with E-state index in [-0.39, 0.29) is 0 Å². The molecule has 2 heterocycles.